The summed E-state index contributed by atoms with van der Waals surface area (Å²) in [6.45, 7) is 17.1. The van der Waals surface area contributed by atoms with Crippen LogP contribution in [0.4, 0.5) is 0 Å². The van der Waals surface area contributed by atoms with E-state index in [1.54, 1.807) is 0 Å². The van der Waals surface area contributed by atoms with Gasteiger partial charge in [-0.1, -0.05) is 6.92 Å². The second kappa shape index (κ2) is 20.0. The smallest absolute Gasteiger partial charge is 0.0110 e. The van der Waals surface area contributed by atoms with Crippen LogP contribution in [0, 0.1) is 0 Å². The summed E-state index contributed by atoms with van der Waals surface area (Å²) in [5.41, 5.74) is 11.0. The highest BCUT2D eigenvalue weighted by molar-refractivity contribution is 4.66. The average molecular weight is 361 g/mol. The highest BCUT2D eigenvalue weighted by Crippen LogP contribution is 1.92. The predicted molar refractivity (Wildman–Crippen MR) is 109 cm³/mol. The lowest BCUT2D eigenvalue weighted by molar-refractivity contribution is 0.210. The summed E-state index contributed by atoms with van der Waals surface area (Å²) in [5, 5.41) is 13.4. The largest absolute Gasteiger partial charge is 0.329 e. The molecule has 8 nitrogen and oxygen atoms in total. The molecule has 0 saturated carbocycles. The van der Waals surface area contributed by atoms with Gasteiger partial charge in [0.15, 0.2) is 0 Å². The summed E-state index contributed by atoms with van der Waals surface area (Å²) >= 11 is 0. The van der Waals surface area contributed by atoms with Crippen molar-refractivity contribution in [3.63, 3.8) is 0 Å². The number of hydrogen-bond acceptors (Lipinski definition) is 8. The van der Waals surface area contributed by atoms with Gasteiger partial charge in [-0.2, -0.15) is 0 Å². The SMILES string of the molecule is CCN(CCNCCNCCN)CCN(CCNC)CCNCCN. The van der Waals surface area contributed by atoms with E-state index in [0.29, 0.717) is 13.1 Å². The second-order valence-corrected chi connectivity index (χ2v) is 6.21. The minimum absolute atomic E-state index is 0.703. The second-order valence-electron chi connectivity index (χ2n) is 6.21. The van der Waals surface area contributed by atoms with Crippen molar-refractivity contribution in [2.24, 2.45) is 11.5 Å². The number of hydrogen-bond donors (Lipinski definition) is 6. The Morgan fingerprint density at radius 2 is 1.08 bits per heavy atom. The van der Waals surface area contributed by atoms with Gasteiger partial charge in [-0.25, -0.2) is 0 Å². The van der Waals surface area contributed by atoms with E-state index < -0.39 is 0 Å². The van der Waals surface area contributed by atoms with E-state index in [2.05, 4.69) is 38.0 Å². The van der Waals surface area contributed by atoms with Gasteiger partial charge in [-0.05, 0) is 13.6 Å². The maximum atomic E-state index is 5.53. The van der Waals surface area contributed by atoms with Crippen molar-refractivity contribution in [3.05, 3.63) is 0 Å². The van der Waals surface area contributed by atoms with Crippen molar-refractivity contribution in [2.45, 2.75) is 6.92 Å². The van der Waals surface area contributed by atoms with E-state index in [1.165, 1.54) is 0 Å². The van der Waals surface area contributed by atoms with Gasteiger partial charge >= 0.3 is 0 Å². The summed E-state index contributed by atoms with van der Waals surface area (Å²) < 4.78 is 0. The molecule has 0 heterocycles. The number of nitrogens with two attached hydrogens (primary N) is 2. The molecule has 152 valence electrons. The normalized spacial score (nSPS) is 11.8. The number of nitrogens with zero attached hydrogens (tertiary/aromatic N) is 2. The van der Waals surface area contributed by atoms with E-state index in [9.17, 15) is 0 Å². The van der Waals surface area contributed by atoms with E-state index in [-0.39, 0.29) is 0 Å². The molecule has 0 rings (SSSR count). The molecule has 0 aliphatic heterocycles. The Balaban J connectivity index is 3.86. The minimum Gasteiger partial charge on any atom is -0.329 e. The zero-order valence-electron chi connectivity index (χ0n) is 16.7. The Bertz CT molecular complexity index is 255. The van der Waals surface area contributed by atoms with Crippen LogP contribution in [0.15, 0.2) is 0 Å². The quantitative estimate of drug-likeness (QED) is 0.133. The molecule has 0 amide bonds. The first-order valence-corrected chi connectivity index (χ1v) is 9.90. The fraction of sp³-hybridized carbons (Fsp3) is 1.00. The van der Waals surface area contributed by atoms with Crippen LogP contribution in [0.3, 0.4) is 0 Å². The molecular weight excluding hydrogens is 316 g/mol. The Morgan fingerprint density at radius 3 is 1.64 bits per heavy atom. The first-order valence-electron chi connectivity index (χ1n) is 9.90. The van der Waals surface area contributed by atoms with Gasteiger partial charge in [0.05, 0.1) is 0 Å². The van der Waals surface area contributed by atoms with E-state index in [1.807, 2.05) is 7.05 Å². The van der Waals surface area contributed by atoms with Crippen LogP contribution in [0.1, 0.15) is 6.92 Å². The van der Waals surface area contributed by atoms with E-state index >= 15 is 0 Å². The highest BCUT2D eigenvalue weighted by atomic mass is 15.2. The van der Waals surface area contributed by atoms with Crippen LogP contribution in [0.25, 0.3) is 0 Å². The molecule has 0 aliphatic rings. The van der Waals surface area contributed by atoms with Gasteiger partial charge < -0.3 is 37.6 Å². The molecule has 0 unspecified atom stereocenters. The Morgan fingerprint density at radius 1 is 0.600 bits per heavy atom. The molecule has 0 fully saturated rings. The molecular formula is C17H44N8. The topological polar surface area (TPSA) is 107 Å². The summed E-state index contributed by atoms with van der Waals surface area (Å²) in [7, 11) is 2.01. The Hall–Kier alpha value is -0.320. The zero-order valence-corrected chi connectivity index (χ0v) is 16.7. The first-order chi connectivity index (χ1) is 12.3. The average Bonchev–Trinajstić information content (AvgIpc) is 2.63. The molecule has 0 saturated heterocycles. The monoisotopic (exact) mass is 360 g/mol. The van der Waals surface area contributed by atoms with Gasteiger partial charge in [-0.3, -0.25) is 4.90 Å². The van der Waals surface area contributed by atoms with Crippen LogP contribution in [0.5, 0.6) is 0 Å². The molecule has 0 spiro atoms. The Labute approximate surface area is 155 Å². The lowest BCUT2D eigenvalue weighted by Gasteiger charge is -2.27. The van der Waals surface area contributed by atoms with Crippen molar-refractivity contribution in [2.75, 3.05) is 105 Å². The number of likely N-dealkylation sites (N-methyl/N-ethyl adjacent to an activating group) is 2. The highest BCUT2D eigenvalue weighted by Gasteiger charge is 2.07. The number of nitrogens with one attached hydrogen (secondary N) is 4. The van der Waals surface area contributed by atoms with E-state index in [4.69, 9.17) is 11.5 Å². The molecule has 25 heavy (non-hydrogen) atoms. The third kappa shape index (κ3) is 16.9. The third-order valence-corrected chi connectivity index (χ3v) is 4.19. The molecule has 0 aromatic rings. The molecule has 0 bridgehead atoms. The molecule has 0 atom stereocenters. The lowest BCUT2D eigenvalue weighted by Crippen LogP contribution is -2.43. The molecule has 0 radical (unpaired) electrons. The van der Waals surface area contributed by atoms with Crippen molar-refractivity contribution in [1.82, 2.24) is 31.1 Å². The van der Waals surface area contributed by atoms with Crippen molar-refractivity contribution in [1.29, 1.82) is 0 Å². The zero-order chi connectivity index (χ0) is 18.6. The van der Waals surface area contributed by atoms with Crippen LogP contribution in [-0.2, 0) is 0 Å². The summed E-state index contributed by atoms with van der Waals surface area (Å²) in [4.78, 5) is 5.03. The van der Waals surface area contributed by atoms with Gasteiger partial charge in [0.25, 0.3) is 0 Å². The van der Waals surface area contributed by atoms with Gasteiger partial charge in [-0.15, -0.1) is 0 Å². The summed E-state index contributed by atoms with van der Waals surface area (Å²) in [5.74, 6) is 0. The molecule has 8 N–H and O–H groups in total. The van der Waals surface area contributed by atoms with Crippen molar-refractivity contribution >= 4 is 0 Å². The fourth-order valence-corrected chi connectivity index (χ4v) is 2.55. The van der Waals surface area contributed by atoms with Crippen LogP contribution in [0.2, 0.25) is 0 Å². The predicted octanol–water partition coefficient (Wildman–Crippen LogP) is -2.48. The van der Waals surface area contributed by atoms with E-state index in [0.717, 1.165) is 85.1 Å². The van der Waals surface area contributed by atoms with Crippen molar-refractivity contribution < 1.29 is 0 Å². The van der Waals surface area contributed by atoms with Gasteiger partial charge in [0, 0.05) is 91.6 Å². The first kappa shape index (κ1) is 24.7. The summed E-state index contributed by atoms with van der Waals surface area (Å²) in [6, 6.07) is 0. The van der Waals surface area contributed by atoms with Gasteiger partial charge in [0.2, 0.25) is 0 Å². The maximum Gasteiger partial charge on any atom is 0.0110 e. The molecule has 0 aromatic heterocycles. The maximum absolute atomic E-state index is 5.53. The molecule has 0 aromatic carbocycles. The van der Waals surface area contributed by atoms with Crippen LogP contribution < -0.4 is 32.7 Å². The summed E-state index contributed by atoms with van der Waals surface area (Å²) in [6.07, 6.45) is 0. The Kier molecular flexibility index (Phi) is 19.7. The standard InChI is InChI=1S/C17H44N8/c1-3-24(14-11-23-9-8-21-6-4-18)16-17-25(13-10-20-2)15-12-22-7-5-19/h20-23H,3-19H2,1-2H3. The minimum atomic E-state index is 0.703. The van der Waals surface area contributed by atoms with Crippen molar-refractivity contribution in [3.8, 4) is 0 Å². The third-order valence-electron chi connectivity index (χ3n) is 4.19. The van der Waals surface area contributed by atoms with Gasteiger partial charge in [0.1, 0.15) is 0 Å². The molecule has 0 aliphatic carbocycles. The fourth-order valence-electron chi connectivity index (χ4n) is 2.55. The van der Waals surface area contributed by atoms with Crippen LogP contribution in [-0.4, -0.2) is 115 Å². The number of rotatable bonds is 20. The van der Waals surface area contributed by atoms with Crippen LogP contribution >= 0.6 is 0 Å². The lowest BCUT2D eigenvalue weighted by atomic mass is 10.3. The molecule has 8 heteroatoms.